The third-order valence-corrected chi connectivity index (χ3v) is 4.27. The second-order valence-corrected chi connectivity index (χ2v) is 5.74. The van der Waals surface area contributed by atoms with Crippen LogP contribution in [0, 0.1) is 0 Å². The molecule has 24 heavy (non-hydrogen) atoms. The Balaban J connectivity index is 1.80. The molecule has 1 N–H and O–H groups in total. The smallest absolute Gasteiger partial charge is 0.259 e. The van der Waals surface area contributed by atoms with E-state index in [9.17, 15) is 4.79 Å². The predicted molar refractivity (Wildman–Crippen MR) is 95.1 cm³/mol. The zero-order valence-electron chi connectivity index (χ0n) is 12.6. The monoisotopic (exact) mass is 312 g/mol. The average molecular weight is 312 g/mol. The van der Waals surface area contributed by atoms with Crippen LogP contribution in [0.5, 0.6) is 0 Å². The van der Waals surface area contributed by atoms with Gasteiger partial charge in [0.25, 0.3) is 5.56 Å². The summed E-state index contributed by atoms with van der Waals surface area (Å²) in [5, 5.41) is 3.85. The molecular formula is C20H12N2O2. The highest BCUT2D eigenvalue weighted by Gasteiger charge is 2.12. The summed E-state index contributed by atoms with van der Waals surface area (Å²) in [4.78, 5) is 19.6. The molecule has 4 nitrogen and oxygen atoms in total. The van der Waals surface area contributed by atoms with Crippen LogP contribution in [0.25, 0.3) is 44.2 Å². The van der Waals surface area contributed by atoms with Gasteiger partial charge in [-0.2, -0.15) is 0 Å². The van der Waals surface area contributed by atoms with Gasteiger partial charge >= 0.3 is 0 Å². The van der Waals surface area contributed by atoms with Gasteiger partial charge in [0.15, 0.2) is 11.6 Å². The number of fused-ring (bicyclic) bond motifs is 4. The summed E-state index contributed by atoms with van der Waals surface area (Å²) in [7, 11) is 0. The second kappa shape index (κ2) is 4.80. The highest BCUT2D eigenvalue weighted by Crippen LogP contribution is 2.31. The van der Waals surface area contributed by atoms with Crippen LogP contribution in [0.4, 0.5) is 0 Å². The van der Waals surface area contributed by atoms with Gasteiger partial charge in [-0.15, -0.1) is 0 Å². The summed E-state index contributed by atoms with van der Waals surface area (Å²) in [6, 6.07) is 21.3. The van der Waals surface area contributed by atoms with Crippen molar-refractivity contribution in [1.82, 2.24) is 9.97 Å². The third-order valence-electron chi connectivity index (χ3n) is 4.27. The Hall–Kier alpha value is -3.40. The lowest BCUT2D eigenvalue weighted by Crippen LogP contribution is -2.08. The molecule has 4 heteroatoms. The maximum atomic E-state index is 12.3. The predicted octanol–water partition coefficient (Wildman–Crippen LogP) is 4.49. The van der Waals surface area contributed by atoms with E-state index in [1.807, 2.05) is 48.5 Å². The van der Waals surface area contributed by atoms with E-state index in [1.54, 1.807) is 6.07 Å². The highest BCUT2D eigenvalue weighted by atomic mass is 16.3. The number of aromatic nitrogens is 2. The van der Waals surface area contributed by atoms with Crippen LogP contribution in [-0.4, -0.2) is 9.97 Å². The molecule has 0 radical (unpaired) electrons. The number of nitrogens with zero attached hydrogens (tertiary/aromatic N) is 1. The topological polar surface area (TPSA) is 58.9 Å². The van der Waals surface area contributed by atoms with Gasteiger partial charge in [0.2, 0.25) is 0 Å². The zero-order valence-corrected chi connectivity index (χ0v) is 12.6. The quantitative estimate of drug-likeness (QED) is 0.496. The molecule has 0 fully saturated rings. The number of hydrogen-bond acceptors (Lipinski definition) is 3. The summed E-state index contributed by atoms with van der Waals surface area (Å²) in [5.41, 5.74) is 1.27. The Morgan fingerprint density at radius 3 is 2.54 bits per heavy atom. The van der Waals surface area contributed by atoms with Crippen molar-refractivity contribution in [1.29, 1.82) is 0 Å². The summed E-state index contributed by atoms with van der Waals surface area (Å²) >= 11 is 0. The van der Waals surface area contributed by atoms with Crippen molar-refractivity contribution >= 4 is 32.6 Å². The lowest BCUT2D eigenvalue weighted by molar-refractivity contribution is 0.625. The van der Waals surface area contributed by atoms with E-state index in [0.29, 0.717) is 22.5 Å². The first-order chi connectivity index (χ1) is 11.8. The second-order valence-electron chi connectivity index (χ2n) is 5.74. The van der Waals surface area contributed by atoms with E-state index in [2.05, 4.69) is 22.1 Å². The van der Waals surface area contributed by atoms with E-state index < -0.39 is 0 Å². The average Bonchev–Trinajstić information content (AvgIpc) is 3.06. The SMILES string of the molecule is O=c1[nH]c(-c2cc3c(ccc4ccccc43)o2)nc2ccccc12. The molecule has 5 rings (SSSR count). The van der Waals surface area contributed by atoms with Crippen molar-refractivity contribution in [3.8, 4) is 11.6 Å². The van der Waals surface area contributed by atoms with Crippen LogP contribution in [0.1, 0.15) is 0 Å². The zero-order chi connectivity index (χ0) is 16.1. The van der Waals surface area contributed by atoms with Crippen molar-refractivity contribution < 1.29 is 4.42 Å². The largest absolute Gasteiger partial charge is 0.453 e. The minimum atomic E-state index is -0.166. The molecule has 0 amide bonds. The molecule has 0 atom stereocenters. The van der Waals surface area contributed by atoms with Crippen LogP contribution < -0.4 is 5.56 Å². The van der Waals surface area contributed by atoms with Gasteiger partial charge in [-0.25, -0.2) is 4.98 Å². The van der Waals surface area contributed by atoms with Gasteiger partial charge in [0.1, 0.15) is 5.58 Å². The minimum Gasteiger partial charge on any atom is -0.453 e. The molecule has 0 saturated carbocycles. The molecule has 2 heterocycles. The van der Waals surface area contributed by atoms with Crippen molar-refractivity contribution in [2.45, 2.75) is 0 Å². The number of H-pyrrole nitrogens is 1. The van der Waals surface area contributed by atoms with E-state index in [0.717, 1.165) is 21.7 Å². The molecule has 0 aliphatic rings. The van der Waals surface area contributed by atoms with E-state index in [4.69, 9.17) is 4.42 Å². The Morgan fingerprint density at radius 1 is 0.833 bits per heavy atom. The van der Waals surface area contributed by atoms with Crippen molar-refractivity contribution in [3.05, 3.63) is 77.1 Å². The van der Waals surface area contributed by atoms with Gasteiger partial charge in [-0.05, 0) is 35.0 Å². The molecule has 0 saturated heterocycles. The maximum Gasteiger partial charge on any atom is 0.259 e. The summed E-state index contributed by atoms with van der Waals surface area (Å²) in [6.45, 7) is 0. The Labute approximate surface area is 136 Å². The number of rotatable bonds is 1. The first-order valence-corrected chi connectivity index (χ1v) is 7.70. The van der Waals surface area contributed by atoms with E-state index >= 15 is 0 Å². The fourth-order valence-corrected chi connectivity index (χ4v) is 3.11. The standard InChI is InChI=1S/C20H12N2O2/c23-20-14-7-3-4-8-16(14)21-19(22-20)18-11-15-13-6-2-1-5-12(13)9-10-17(15)24-18/h1-11H,(H,21,22,23). The molecule has 0 aliphatic carbocycles. The lowest BCUT2D eigenvalue weighted by Gasteiger charge is -1.99. The molecule has 3 aromatic carbocycles. The van der Waals surface area contributed by atoms with Crippen LogP contribution >= 0.6 is 0 Å². The minimum absolute atomic E-state index is 0.166. The van der Waals surface area contributed by atoms with E-state index in [1.165, 1.54) is 0 Å². The van der Waals surface area contributed by atoms with Crippen LogP contribution in [0.3, 0.4) is 0 Å². The Morgan fingerprint density at radius 2 is 1.62 bits per heavy atom. The number of para-hydroxylation sites is 1. The summed E-state index contributed by atoms with van der Waals surface area (Å²) in [5.74, 6) is 1.00. The molecular weight excluding hydrogens is 300 g/mol. The molecule has 5 aromatic rings. The number of nitrogens with one attached hydrogen (secondary N) is 1. The molecule has 0 bridgehead atoms. The highest BCUT2D eigenvalue weighted by molar-refractivity contribution is 6.06. The van der Waals surface area contributed by atoms with Crippen LogP contribution in [0.2, 0.25) is 0 Å². The Kier molecular flexibility index (Phi) is 2.61. The van der Waals surface area contributed by atoms with Crippen molar-refractivity contribution in [2.24, 2.45) is 0 Å². The molecule has 114 valence electrons. The summed E-state index contributed by atoms with van der Waals surface area (Å²) < 4.78 is 5.93. The maximum absolute atomic E-state index is 12.3. The normalized spacial score (nSPS) is 11.5. The van der Waals surface area contributed by atoms with Gasteiger partial charge < -0.3 is 9.40 Å². The molecule has 0 unspecified atom stereocenters. The van der Waals surface area contributed by atoms with Gasteiger partial charge in [0, 0.05) is 5.39 Å². The lowest BCUT2D eigenvalue weighted by atomic mass is 10.1. The van der Waals surface area contributed by atoms with Gasteiger partial charge in [-0.1, -0.05) is 42.5 Å². The molecule has 0 spiro atoms. The number of furan rings is 1. The molecule has 0 aliphatic heterocycles. The first kappa shape index (κ1) is 13.1. The Bertz CT molecular complexity index is 1280. The third kappa shape index (κ3) is 1.86. The van der Waals surface area contributed by atoms with Gasteiger partial charge in [-0.3, -0.25) is 4.79 Å². The van der Waals surface area contributed by atoms with Crippen LogP contribution in [-0.2, 0) is 0 Å². The van der Waals surface area contributed by atoms with Crippen LogP contribution in [0.15, 0.2) is 75.9 Å². The number of aromatic amines is 1. The fraction of sp³-hybridized carbons (Fsp3) is 0. The summed E-state index contributed by atoms with van der Waals surface area (Å²) in [6.07, 6.45) is 0. The first-order valence-electron chi connectivity index (χ1n) is 7.70. The molecule has 2 aromatic heterocycles. The number of benzene rings is 3. The van der Waals surface area contributed by atoms with Crippen molar-refractivity contribution in [3.63, 3.8) is 0 Å². The number of hydrogen-bond donors (Lipinski definition) is 1. The van der Waals surface area contributed by atoms with E-state index in [-0.39, 0.29) is 5.56 Å². The van der Waals surface area contributed by atoms with Crippen molar-refractivity contribution in [2.75, 3.05) is 0 Å². The van der Waals surface area contributed by atoms with Gasteiger partial charge in [0.05, 0.1) is 10.9 Å². The fourth-order valence-electron chi connectivity index (χ4n) is 3.11.